The smallest absolute Gasteiger partial charge is 0.268 e. The third kappa shape index (κ3) is 4.06. The molecule has 0 radical (unpaired) electrons. The van der Waals surface area contributed by atoms with E-state index in [2.05, 4.69) is 6.92 Å². The van der Waals surface area contributed by atoms with Crippen LogP contribution in [-0.4, -0.2) is 18.3 Å². The van der Waals surface area contributed by atoms with Gasteiger partial charge < -0.3 is 14.0 Å². The van der Waals surface area contributed by atoms with Gasteiger partial charge in [0.1, 0.15) is 4.66 Å². The standard InChI is InChI=1S/C18H20N2O3S/c1-4-5-10-23-14-7-6-13(11-15(14)22-3)12-16-18(21)20(2)17(24-16)8-9-19/h6-8,11-12H,4-5,10H2,1-3H3/b16-12-,17-8-. The second-order valence-corrected chi connectivity index (χ2v) is 6.26. The Kier molecular flexibility index (Phi) is 6.21. The highest BCUT2D eigenvalue weighted by Crippen LogP contribution is 2.28. The molecule has 0 fully saturated rings. The Hall–Kier alpha value is -2.52. The number of rotatable bonds is 6. The van der Waals surface area contributed by atoms with Crippen LogP contribution in [-0.2, 0) is 7.05 Å². The normalized spacial score (nSPS) is 12.2. The van der Waals surface area contributed by atoms with Crippen molar-refractivity contribution in [1.29, 1.82) is 5.26 Å². The third-order valence-electron chi connectivity index (χ3n) is 3.49. The summed E-state index contributed by atoms with van der Waals surface area (Å²) in [6, 6.07) is 7.53. The molecule has 0 unspecified atom stereocenters. The van der Waals surface area contributed by atoms with Crippen LogP contribution in [0.2, 0.25) is 0 Å². The quantitative estimate of drug-likeness (QED) is 0.749. The maximum Gasteiger partial charge on any atom is 0.268 e. The fraction of sp³-hybridized carbons (Fsp3) is 0.333. The summed E-state index contributed by atoms with van der Waals surface area (Å²) in [5.74, 6) is 1.33. The van der Waals surface area contributed by atoms with Gasteiger partial charge in [-0.05, 0) is 30.2 Å². The number of benzene rings is 1. The van der Waals surface area contributed by atoms with E-state index in [1.165, 1.54) is 22.0 Å². The molecule has 1 heterocycles. The number of ether oxygens (including phenoxy) is 2. The fourth-order valence-electron chi connectivity index (χ4n) is 2.13. The van der Waals surface area contributed by atoms with Crippen LogP contribution < -0.4 is 24.2 Å². The molecule has 0 saturated heterocycles. The van der Waals surface area contributed by atoms with Crippen LogP contribution in [0.5, 0.6) is 11.5 Å². The molecule has 5 nitrogen and oxygen atoms in total. The predicted molar refractivity (Wildman–Crippen MR) is 95.9 cm³/mol. The second kappa shape index (κ2) is 8.37. The van der Waals surface area contributed by atoms with Crippen molar-refractivity contribution in [2.75, 3.05) is 13.7 Å². The van der Waals surface area contributed by atoms with Crippen molar-refractivity contribution in [3.63, 3.8) is 0 Å². The number of nitrogens with zero attached hydrogens (tertiary/aromatic N) is 2. The number of methoxy groups -OCH3 is 1. The number of thiazole rings is 1. The summed E-state index contributed by atoms with van der Waals surface area (Å²) < 4.78 is 13.8. The molecule has 0 aliphatic heterocycles. The highest BCUT2D eigenvalue weighted by molar-refractivity contribution is 7.07. The van der Waals surface area contributed by atoms with E-state index in [9.17, 15) is 4.79 Å². The van der Waals surface area contributed by atoms with Gasteiger partial charge in [-0.2, -0.15) is 5.26 Å². The van der Waals surface area contributed by atoms with Crippen LogP contribution in [0, 0.1) is 11.3 Å². The van der Waals surface area contributed by atoms with Gasteiger partial charge in [-0.1, -0.05) is 19.4 Å². The highest BCUT2D eigenvalue weighted by atomic mass is 32.1. The van der Waals surface area contributed by atoms with Crippen molar-refractivity contribution in [2.24, 2.45) is 7.05 Å². The first-order chi connectivity index (χ1) is 11.6. The molecule has 1 aromatic heterocycles. The van der Waals surface area contributed by atoms with E-state index in [0.717, 1.165) is 18.4 Å². The van der Waals surface area contributed by atoms with Crippen LogP contribution in [0.1, 0.15) is 25.3 Å². The largest absolute Gasteiger partial charge is 0.493 e. The topological polar surface area (TPSA) is 64.2 Å². The van der Waals surface area contributed by atoms with Crippen LogP contribution in [0.15, 0.2) is 23.0 Å². The first-order valence-corrected chi connectivity index (χ1v) is 8.50. The highest BCUT2D eigenvalue weighted by Gasteiger charge is 2.06. The van der Waals surface area contributed by atoms with Gasteiger partial charge in [0.25, 0.3) is 5.56 Å². The molecule has 0 saturated carbocycles. The lowest BCUT2D eigenvalue weighted by Crippen LogP contribution is -2.28. The first kappa shape index (κ1) is 17.8. The zero-order valence-electron chi connectivity index (χ0n) is 14.0. The summed E-state index contributed by atoms with van der Waals surface area (Å²) >= 11 is 1.28. The Balaban J connectivity index is 2.41. The predicted octanol–water partition coefficient (Wildman–Crippen LogP) is 1.77. The Morgan fingerprint density at radius 1 is 1.38 bits per heavy atom. The van der Waals surface area contributed by atoms with Crippen LogP contribution in [0.25, 0.3) is 12.2 Å². The van der Waals surface area contributed by atoms with Gasteiger partial charge in [-0.3, -0.25) is 4.79 Å². The molecular formula is C18H20N2O3S. The Morgan fingerprint density at radius 3 is 2.83 bits per heavy atom. The minimum atomic E-state index is -0.122. The van der Waals surface area contributed by atoms with E-state index < -0.39 is 0 Å². The zero-order chi connectivity index (χ0) is 17.5. The average Bonchev–Trinajstić information content (AvgIpc) is 2.84. The minimum Gasteiger partial charge on any atom is -0.493 e. The Morgan fingerprint density at radius 2 is 2.17 bits per heavy atom. The summed E-state index contributed by atoms with van der Waals surface area (Å²) in [5, 5.41) is 8.77. The molecule has 2 rings (SSSR count). The van der Waals surface area contributed by atoms with Gasteiger partial charge in [0.2, 0.25) is 0 Å². The first-order valence-electron chi connectivity index (χ1n) is 7.69. The minimum absolute atomic E-state index is 0.122. The third-order valence-corrected chi connectivity index (χ3v) is 4.60. The van der Waals surface area contributed by atoms with Crippen LogP contribution >= 0.6 is 11.3 Å². The maximum absolute atomic E-state index is 12.2. The molecule has 0 spiro atoms. The molecule has 0 atom stereocenters. The lowest BCUT2D eigenvalue weighted by atomic mass is 10.2. The molecular weight excluding hydrogens is 324 g/mol. The van der Waals surface area contributed by atoms with Crippen molar-refractivity contribution in [3.05, 3.63) is 43.3 Å². The van der Waals surface area contributed by atoms with E-state index in [4.69, 9.17) is 14.7 Å². The summed E-state index contributed by atoms with van der Waals surface area (Å²) in [7, 11) is 3.25. The van der Waals surface area contributed by atoms with Gasteiger partial charge in [-0.15, -0.1) is 11.3 Å². The summed E-state index contributed by atoms with van der Waals surface area (Å²) in [5.41, 5.74) is 0.723. The van der Waals surface area contributed by atoms with Gasteiger partial charge in [0.15, 0.2) is 11.5 Å². The number of unbranched alkanes of at least 4 members (excludes halogenated alkanes) is 1. The van der Waals surface area contributed by atoms with Gasteiger partial charge in [0, 0.05) is 13.1 Å². The second-order valence-electron chi connectivity index (χ2n) is 5.20. The van der Waals surface area contributed by atoms with E-state index in [-0.39, 0.29) is 5.56 Å². The number of hydrogen-bond acceptors (Lipinski definition) is 5. The molecule has 24 heavy (non-hydrogen) atoms. The number of aromatic nitrogens is 1. The fourth-order valence-corrected chi connectivity index (χ4v) is 3.11. The van der Waals surface area contributed by atoms with Crippen molar-refractivity contribution < 1.29 is 9.47 Å². The molecule has 0 aliphatic rings. The number of nitriles is 1. The Bertz CT molecular complexity index is 919. The lowest BCUT2D eigenvalue weighted by Gasteiger charge is -2.10. The van der Waals surface area contributed by atoms with Crippen LogP contribution in [0.4, 0.5) is 0 Å². The van der Waals surface area contributed by atoms with E-state index in [1.54, 1.807) is 20.2 Å². The van der Waals surface area contributed by atoms with Crippen molar-refractivity contribution in [2.45, 2.75) is 19.8 Å². The zero-order valence-corrected chi connectivity index (χ0v) is 14.9. The molecule has 126 valence electrons. The molecule has 0 N–H and O–H groups in total. The molecule has 0 bridgehead atoms. The molecule has 0 amide bonds. The number of hydrogen-bond donors (Lipinski definition) is 0. The lowest BCUT2D eigenvalue weighted by molar-refractivity contribution is 0.288. The van der Waals surface area contributed by atoms with Crippen molar-refractivity contribution >= 4 is 23.5 Å². The van der Waals surface area contributed by atoms with Gasteiger partial charge >= 0.3 is 0 Å². The van der Waals surface area contributed by atoms with Crippen LogP contribution in [0.3, 0.4) is 0 Å². The molecule has 6 heteroatoms. The van der Waals surface area contributed by atoms with E-state index in [0.29, 0.717) is 27.3 Å². The van der Waals surface area contributed by atoms with Gasteiger partial charge in [0.05, 0.1) is 24.3 Å². The van der Waals surface area contributed by atoms with E-state index in [1.807, 2.05) is 24.3 Å². The van der Waals surface area contributed by atoms with Crippen molar-refractivity contribution in [1.82, 2.24) is 4.57 Å². The SMILES string of the molecule is CCCCOc1ccc(/C=c2\s/c(=C\C#N)n(C)c2=O)cc1OC. The molecule has 0 aliphatic carbocycles. The molecule has 1 aromatic carbocycles. The monoisotopic (exact) mass is 344 g/mol. The summed E-state index contributed by atoms with van der Waals surface area (Å²) in [6.45, 7) is 2.76. The average molecular weight is 344 g/mol. The summed E-state index contributed by atoms with van der Waals surface area (Å²) in [6.07, 6.45) is 5.22. The molecule has 2 aromatic rings. The van der Waals surface area contributed by atoms with Crippen molar-refractivity contribution in [3.8, 4) is 17.6 Å². The van der Waals surface area contributed by atoms with E-state index >= 15 is 0 Å². The maximum atomic E-state index is 12.2. The van der Waals surface area contributed by atoms with Gasteiger partial charge in [-0.25, -0.2) is 0 Å². The Labute approximate surface area is 144 Å². The summed E-state index contributed by atoms with van der Waals surface area (Å²) in [4.78, 5) is 12.2.